The van der Waals surface area contributed by atoms with Gasteiger partial charge in [0.25, 0.3) is 11.8 Å². The zero-order valence-electron chi connectivity index (χ0n) is 13.7. The lowest BCUT2D eigenvalue weighted by Gasteiger charge is -2.28. The fraction of sp³-hybridized carbons (Fsp3) is 0. The van der Waals surface area contributed by atoms with Crippen LogP contribution in [0.2, 0.25) is 5.02 Å². The van der Waals surface area contributed by atoms with E-state index in [2.05, 4.69) is 5.32 Å². The summed E-state index contributed by atoms with van der Waals surface area (Å²) >= 11 is 12.7. The van der Waals surface area contributed by atoms with Gasteiger partial charge in [-0.15, -0.1) is 0 Å². The molecule has 2 N–H and O–H groups in total. The molecule has 0 aliphatic carbocycles. The molecule has 1 saturated heterocycles. The second-order valence-electron chi connectivity index (χ2n) is 5.56. The van der Waals surface area contributed by atoms with E-state index in [9.17, 15) is 24.8 Å². The molecule has 0 spiro atoms. The Morgan fingerprint density at radius 1 is 1.25 bits per heavy atom. The van der Waals surface area contributed by atoms with Crippen molar-refractivity contribution in [3.63, 3.8) is 0 Å². The van der Waals surface area contributed by atoms with Crippen molar-refractivity contribution in [1.82, 2.24) is 5.32 Å². The van der Waals surface area contributed by atoms with E-state index in [4.69, 9.17) is 23.8 Å². The molecule has 11 heteroatoms. The van der Waals surface area contributed by atoms with E-state index in [-0.39, 0.29) is 19.8 Å². The van der Waals surface area contributed by atoms with Gasteiger partial charge in [0.2, 0.25) is 5.75 Å². The number of phenolic OH excluding ortho intramolecular Hbond substituents is 1. The third-order valence-corrected chi connectivity index (χ3v) is 5.12. The molecule has 8 nitrogen and oxygen atoms in total. The Bertz CT molecular complexity index is 1070. The summed E-state index contributed by atoms with van der Waals surface area (Å²) in [5.41, 5.74) is -0.195. The molecular formula is C17H9ClIN3O5S. The summed E-state index contributed by atoms with van der Waals surface area (Å²) in [5, 5.41) is 23.7. The van der Waals surface area contributed by atoms with Crippen LogP contribution in [0.5, 0.6) is 5.75 Å². The monoisotopic (exact) mass is 529 g/mol. The molecule has 1 heterocycles. The number of anilines is 1. The fourth-order valence-electron chi connectivity index (χ4n) is 2.48. The number of hydrogen-bond acceptors (Lipinski definition) is 6. The summed E-state index contributed by atoms with van der Waals surface area (Å²) in [5.74, 6) is -1.91. The molecule has 0 saturated carbocycles. The number of benzene rings is 2. The predicted molar refractivity (Wildman–Crippen MR) is 115 cm³/mol. The zero-order valence-corrected chi connectivity index (χ0v) is 17.4. The van der Waals surface area contributed by atoms with Crippen LogP contribution in [0.3, 0.4) is 0 Å². The molecule has 2 aromatic rings. The van der Waals surface area contributed by atoms with Gasteiger partial charge in [-0.1, -0.05) is 11.6 Å². The number of nitrogens with zero attached hydrogens (tertiary/aromatic N) is 2. The maximum atomic E-state index is 12.9. The van der Waals surface area contributed by atoms with Gasteiger partial charge in [0, 0.05) is 11.1 Å². The zero-order chi connectivity index (χ0) is 20.6. The Morgan fingerprint density at radius 3 is 2.50 bits per heavy atom. The molecule has 1 aliphatic rings. The number of hydrogen-bond donors (Lipinski definition) is 2. The van der Waals surface area contributed by atoms with Crippen LogP contribution in [-0.2, 0) is 9.59 Å². The quantitative estimate of drug-likeness (QED) is 0.157. The van der Waals surface area contributed by atoms with Gasteiger partial charge in [-0.3, -0.25) is 29.9 Å². The number of rotatable bonds is 3. The van der Waals surface area contributed by atoms with Crippen molar-refractivity contribution < 1.29 is 19.6 Å². The lowest BCUT2D eigenvalue weighted by Crippen LogP contribution is -2.54. The normalized spacial score (nSPS) is 15.7. The van der Waals surface area contributed by atoms with Gasteiger partial charge in [-0.25, -0.2) is 0 Å². The van der Waals surface area contributed by atoms with Gasteiger partial charge in [0.15, 0.2) is 5.11 Å². The van der Waals surface area contributed by atoms with E-state index < -0.39 is 28.2 Å². The van der Waals surface area contributed by atoms with E-state index in [0.29, 0.717) is 10.7 Å². The lowest BCUT2D eigenvalue weighted by atomic mass is 10.1. The van der Waals surface area contributed by atoms with Crippen molar-refractivity contribution in [1.29, 1.82) is 0 Å². The molecular weight excluding hydrogens is 521 g/mol. The number of halogens is 2. The van der Waals surface area contributed by atoms with Crippen LogP contribution in [0.15, 0.2) is 42.0 Å². The van der Waals surface area contributed by atoms with Crippen LogP contribution in [0.25, 0.3) is 6.08 Å². The fourth-order valence-corrected chi connectivity index (χ4v) is 3.52. The van der Waals surface area contributed by atoms with Crippen LogP contribution >= 0.6 is 46.4 Å². The molecule has 0 bridgehead atoms. The number of aromatic hydroxyl groups is 1. The average Bonchev–Trinajstić information content (AvgIpc) is 2.62. The molecule has 1 aliphatic heterocycles. The van der Waals surface area contributed by atoms with E-state index in [0.717, 1.165) is 11.0 Å². The highest BCUT2D eigenvalue weighted by molar-refractivity contribution is 14.1. The first kappa shape index (κ1) is 20.2. The van der Waals surface area contributed by atoms with Crippen LogP contribution < -0.4 is 10.2 Å². The largest absolute Gasteiger partial charge is 0.501 e. The Kier molecular flexibility index (Phi) is 5.63. The highest BCUT2D eigenvalue weighted by atomic mass is 127. The first-order valence-electron chi connectivity index (χ1n) is 7.53. The molecule has 2 amide bonds. The molecule has 2 aromatic carbocycles. The Balaban J connectivity index is 2.07. The van der Waals surface area contributed by atoms with Crippen LogP contribution in [0.1, 0.15) is 5.56 Å². The van der Waals surface area contributed by atoms with Crippen molar-refractivity contribution >= 4 is 80.8 Å². The molecule has 28 heavy (non-hydrogen) atoms. The number of carbonyl (C=O) groups is 2. The third-order valence-electron chi connectivity index (χ3n) is 3.76. The average molecular weight is 530 g/mol. The third kappa shape index (κ3) is 3.84. The van der Waals surface area contributed by atoms with Crippen molar-refractivity contribution in [3.8, 4) is 5.75 Å². The van der Waals surface area contributed by atoms with Crippen LogP contribution in [0.4, 0.5) is 11.4 Å². The molecule has 0 aromatic heterocycles. The van der Waals surface area contributed by atoms with E-state index in [1.807, 2.05) is 0 Å². The van der Waals surface area contributed by atoms with Crippen molar-refractivity contribution in [3.05, 3.63) is 66.2 Å². The number of thiocarbonyl (C=S) groups is 1. The minimum Gasteiger partial charge on any atom is -0.501 e. The molecule has 1 fully saturated rings. The SMILES string of the molecule is O=C1NC(=S)N(c2ccc(Cl)cc2)C(=O)C1=Cc1cc(I)c(O)c([N+](=O)[O-])c1. The Morgan fingerprint density at radius 2 is 1.89 bits per heavy atom. The number of amides is 2. The van der Waals surface area contributed by atoms with Gasteiger partial charge in [-0.2, -0.15) is 0 Å². The molecule has 0 atom stereocenters. The second kappa shape index (κ2) is 7.81. The first-order chi connectivity index (χ1) is 13.2. The summed E-state index contributed by atoms with van der Waals surface area (Å²) in [7, 11) is 0. The van der Waals surface area contributed by atoms with Gasteiger partial charge in [0.1, 0.15) is 5.57 Å². The number of nitro groups is 1. The topological polar surface area (TPSA) is 113 Å². The summed E-state index contributed by atoms with van der Waals surface area (Å²) in [4.78, 5) is 36.7. The van der Waals surface area contributed by atoms with E-state index in [1.54, 1.807) is 46.9 Å². The van der Waals surface area contributed by atoms with Gasteiger partial charge in [-0.05, 0) is 76.8 Å². The van der Waals surface area contributed by atoms with Crippen molar-refractivity contribution in [2.75, 3.05) is 4.90 Å². The number of nitro benzene ring substituents is 1. The minimum atomic E-state index is -0.753. The summed E-state index contributed by atoms with van der Waals surface area (Å²) in [6.45, 7) is 0. The molecule has 3 rings (SSSR count). The molecule has 0 unspecified atom stereocenters. The van der Waals surface area contributed by atoms with Crippen molar-refractivity contribution in [2.45, 2.75) is 0 Å². The van der Waals surface area contributed by atoms with Crippen molar-refractivity contribution in [2.24, 2.45) is 0 Å². The van der Waals surface area contributed by atoms with Gasteiger partial charge < -0.3 is 5.11 Å². The highest BCUT2D eigenvalue weighted by Gasteiger charge is 2.34. The number of phenols is 1. The number of carbonyl (C=O) groups excluding carboxylic acids is 2. The van der Waals surface area contributed by atoms with E-state index >= 15 is 0 Å². The minimum absolute atomic E-state index is 0.0965. The maximum Gasteiger partial charge on any atom is 0.312 e. The smallest absolute Gasteiger partial charge is 0.312 e. The van der Waals surface area contributed by atoms with Crippen LogP contribution in [-0.4, -0.2) is 27.0 Å². The summed E-state index contributed by atoms with van der Waals surface area (Å²) in [6.07, 6.45) is 1.21. The molecule has 142 valence electrons. The standard InChI is InChI=1S/C17H9ClIN3O5S/c18-9-1-3-10(4-2-9)21-16(25)11(15(24)20-17(21)28)5-8-6-12(19)14(23)13(7-8)22(26)27/h1-7,23H,(H,20,24,28). The Hall–Kier alpha value is -2.57. The van der Waals surface area contributed by atoms with Gasteiger partial charge in [0.05, 0.1) is 14.2 Å². The predicted octanol–water partition coefficient (Wildman–Crippen LogP) is 3.39. The first-order valence-corrected chi connectivity index (χ1v) is 9.39. The second-order valence-corrected chi connectivity index (χ2v) is 7.55. The lowest BCUT2D eigenvalue weighted by molar-refractivity contribution is -0.386. The summed E-state index contributed by atoms with van der Waals surface area (Å²) in [6, 6.07) is 8.75. The molecule has 0 radical (unpaired) electrons. The highest BCUT2D eigenvalue weighted by Crippen LogP contribution is 2.33. The maximum absolute atomic E-state index is 12.9. The number of nitrogens with one attached hydrogen (secondary N) is 1. The van der Waals surface area contributed by atoms with Crippen LogP contribution in [0, 0.1) is 13.7 Å². The Labute approximate surface area is 182 Å². The van der Waals surface area contributed by atoms with Gasteiger partial charge >= 0.3 is 5.69 Å². The van der Waals surface area contributed by atoms with E-state index in [1.165, 1.54) is 12.1 Å². The summed E-state index contributed by atoms with van der Waals surface area (Å²) < 4.78 is 0.201.